The Morgan fingerprint density at radius 1 is 1.13 bits per heavy atom. The molecule has 90 valence electrons. The van der Waals surface area contributed by atoms with Gasteiger partial charge in [0.1, 0.15) is 0 Å². The topological polar surface area (TPSA) is 3.24 Å². The summed E-state index contributed by atoms with van der Waals surface area (Å²) in [6.07, 6.45) is 5.59. The molecule has 0 saturated heterocycles. The summed E-state index contributed by atoms with van der Waals surface area (Å²) in [5.74, 6) is 0.938. The Morgan fingerprint density at radius 2 is 1.80 bits per heavy atom. The first-order chi connectivity index (χ1) is 6.99. The maximum absolute atomic E-state index is 2.69. The molecule has 1 nitrogen and oxygen atoms in total. The molecule has 1 aliphatic rings. The van der Waals surface area contributed by atoms with E-state index >= 15 is 0 Å². The molecule has 0 radical (unpaired) electrons. The predicted octanol–water partition coefficient (Wildman–Crippen LogP) is 3.93. The predicted molar refractivity (Wildman–Crippen MR) is 68.1 cm³/mol. The third kappa shape index (κ3) is 3.48. The minimum atomic E-state index is 0.514. The lowest BCUT2D eigenvalue weighted by Gasteiger charge is -2.30. The van der Waals surface area contributed by atoms with Crippen LogP contribution >= 0.6 is 0 Å². The zero-order valence-electron chi connectivity index (χ0n) is 11.3. The highest BCUT2D eigenvalue weighted by atomic mass is 15.1. The first kappa shape index (κ1) is 13.0. The first-order valence-electron chi connectivity index (χ1n) is 6.73. The highest BCUT2D eigenvalue weighted by Crippen LogP contribution is 2.40. The number of nitrogens with zero attached hydrogens (tertiary/aromatic N) is 1. The van der Waals surface area contributed by atoms with Gasteiger partial charge in [-0.25, -0.2) is 0 Å². The molecular weight excluding hydrogens is 182 g/mol. The van der Waals surface area contributed by atoms with E-state index < -0.39 is 0 Å². The standard InChI is InChI=1S/C14H29N/c1-6-10-15(7-2)13-9-8-12(11-13)14(3,4)5/h12-13H,6-11H2,1-5H3. The van der Waals surface area contributed by atoms with Gasteiger partial charge in [0.05, 0.1) is 0 Å². The van der Waals surface area contributed by atoms with E-state index in [1.54, 1.807) is 0 Å². The SMILES string of the molecule is CCCN(CC)C1CCC(C(C)(C)C)C1. The van der Waals surface area contributed by atoms with E-state index in [2.05, 4.69) is 39.5 Å². The molecule has 0 amide bonds. The van der Waals surface area contributed by atoms with Crippen LogP contribution < -0.4 is 0 Å². The molecule has 0 heterocycles. The summed E-state index contributed by atoms with van der Waals surface area (Å²) >= 11 is 0. The van der Waals surface area contributed by atoms with Crippen LogP contribution in [0.1, 0.15) is 60.3 Å². The Labute approximate surface area is 96.2 Å². The summed E-state index contributed by atoms with van der Waals surface area (Å²) in [5.41, 5.74) is 0.514. The van der Waals surface area contributed by atoms with E-state index in [0.29, 0.717) is 5.41 Å². The quantitative estimate of drug-likeness (QED) is 0.681. The van der Waals surface area contributed by atoms with Gasteiger partial charge < -0.3 is 4.90 Å². The van der Waals surface area contributed by atoms with Crippen molar-refractivity contribution in [3.8, 4) is 0 Å². The summed E-state index contributed by atoms with van der Waals surface area (Å²) in [7, 11) is 0. The van der Waals surface area contributed by atoms with Crippen LogP contribution in [0.5, 0.6) is 0 Å². The molecule has 0 spiro atoms. The molecule has 1 heteroatoms. The lowest BCUT2D eigenvalue weighted by Crippen LogP contribution is -2.34. The van der Waals surface area contributed by atoms with Crippen LogP contribution in [0.4, 0.5) is 0 Å². The molecule has 1 aliphatic carbocycles. The molecule has 1 fully saturated rings. The van der Waals surface area contributed by atoms with Crippen molar-refractivity contribution >= 4 is 0 Å². The molecule has 0 aromatic carbocycles. The minimum absolute atomic E-state index is 0.514. The van der Waals surface area contributed by atoms with E-state index in [-0.39, 0.29) is 0 Å². The van der Waals surface area contributed by atoms with Crippen LogP contribution in [0, 0.1) is 11.3 Å². The van der Waals surface area contributed by atoms with E-state index in [0.717, 1.165) is 12.0 Å². The van der Waals surface area contributed by atoms with Crippen LogP contribution in [0.25, 0.3) is 0 Å². The lowest BCUT2D eigenvalue weighted by atomic mass is 9.79. The minimum Gasteiger partial charge on any atom is -0.301 e. The Bertz CT molecular complexity index is 180. The Balaban J connectivity index is 2.47. The van der Waals surface area contributed by atoms with Crippen molar-refractivity contribution in [1.29, 1.82) is 0 Å². The Morgan fingerprint density at radius 3 is 2.20 bits per heavy atom. The van der Waals surface area contributed by atoms with Gasteiger partial charge in [-0.05, 0) is 50.1 Å². The number of rotatable bonds is 4. The average Bonchev–Trinajstić information content (AvgIpc) is 2.62. The largest absolute Gasteiger partial charge is 0.301 e. The monoisotopic (exact) mass is 211 g/mol. The molecule has 15 heavy (non-hydrogen) atoms. The van der Waals surface area contributed by atoms with Crippen molar-refractivity contribution in [1.82, 2.24) is 4.90 Å². The molecule has 1 saturated carbocycles. The van der Waals surface area contributed by atoms with Crippen LogP contribution in [0.3, 0.4) is 0 Å². The second-order valence-electron chi connectivity index (χ2n) is 6.16. The normalized spacial score (nSPS) is 27.6. The van der Waals surface area contributed by atoms with Gasteiger partial charge in [-0.15, -0.1) is 0 Å². The van der Waals surface area contributed by atoms with E-state index in [9.17, 15) is 0 Å². The number of hydrogen-bond donors (Lipinski definition) is 0. The molecule has 0 aromatic heterocycles. The fourth-order valence-electron chi connectivity index (χ4n) is 2.96. The van der Waals surface area contributed by atoms with Crippen molar-refractivity contribution < 1.29 is 0 Å². The van der Waals surface area contributed by atoms with Gasteiger partial charge in [-0.3, -0.25) is 0 Å². The van der Waals surface area contributed by atoms with Crippen molar-refractivity contribution in [2.24, 2.45) is 11.3 Å². The van der Waals surface area contributed by atoms with Crippen molar-refractivity contribution in [3.63, 3.8) is 0 Å². The molecule has 0 aromatic rings. The van der Waals surface area contributed by atoms with Crippen LogP contribution in [-0.2, 0) is 0 Å². The van der Waals surface area contributed by atoms with Gasteiger partial charge in [0, 0.05) is 6.04 Å². The van der Waals surface area contributed by atoms with E-state index in [1.165, 1.54) is 38.8 Å². The molecular formula is C14H29N. The highest BCUT2D eigenvalue weighted by molar-refractivity contribution is 4.87. The maximum atomic E-state index is 2.69. The van der Waals surface area contributed by atoms with Crippen molar-refractivity contribution in [2.75, 3.05) is 13.1 Å². The third-order valence-corrected chi connectivity index (χ3v) is 4.06. The Hall–Kier alpha value is -0.0400. The second-order valence-corrected chi connectivity index (χ2v) is 6.16. The Kier molecular flexibility index (Phi) is 4.64. The van der Waals surface area contributed by atoms with Crippen molar-refractivity contribution in [3.05, 3.63) is 0 Å². The van der Waals surface area contributed by atoms with Crippen LogP contribution in [0.2, 0.25) is 0 Å². The molecule has 2 atom stereocenters. The zero-order valence-corrected chi connectivity index (χ0v) is 11.3. The van der Waals surface area contributed by atoms with Gasteiger partial charge in [0.25, 0.3) is 0 Å². The summed E-state index contributed by atoms with van der Waals surface area (Å²) in [6.45, 7) is 14.3. The molecule has 0 bridgehead atoms. The smallest absolute Gasteiger partial charge is 0.00980 e. The van der Waals surface area contributed by atoms with Gasteiger partial charge in [-0.1, -0.05) is 34.6 Å². The second kappa shape index (κ2) is 5.34. The highest BCUT2D eigenvalue weighted by Gasteiger charge is 2.34. The first-order valence-corrected chi connectivity index (χ1v) is 6.73. The summed E-state index contributed by atoms with van der Waals surface area (Å²) in [6, 6.07) is 0.874. The van der Waals surface area contributed by atoms with Gasteiger partial charge in [0.15, 0.2) is 0 Å². The number of hydrogen-bond acceptors (Lipinski definition) is 1. The van der Waals surface area contributed by atoms with Gasteiger partial charge in [0.2, 0.25) is 0 Å². The fourth-order valence-corrected chi connectivity index (χ4v) is 2.96. The summed E-state index contributed by atoms with van der Waals surface area (Å²) in [4.78, 5) is 2.69. The molecule has 0 N–H and O–H groups in total. The lowest BCUT2D eigenvalue weighted by molar-refractivity contribution is 0.182. The fraction of sp³-hybridized carbons (Fsp3) is 1.00. The molecule has 1 rings (SSSR count). The van der Waals surface area contributed by atoms with Crippen LogP contribution in [0.15, 0.2) is 0 Å². The third-order valence-electron chi connectivity index (χ3n) is 4.06. The van der Waals surface area contributed by atoms with Gasteiger partial charge in [-0.2, -0.15) is 0 Å². The summed E-state index contributed by atoms with van der Waals surface area (Å²) in [5, 5.41) is 0. The van der Waals surface area contributed by atoms with Crippen molar-refractivity contribution in [2.45, 2.75) is 66.3 Å². The molecule has 0 aliphatic heterocycles. The molecule has 2 unspecified atom stereocenters. The van der Waals surface area contributed by atoms with Crippen LogP contribution in [-0.4, -0.2) is 24.0 Å². The summed E-state index contributed by atoms with van der Waals surface area (Å²) < 4.78 is 0. The maximum Gasteiger partial charge on any atom is 0.00980 e. The van der Waals surface area contributed by atoms with E-state index in [4.69, 9.17) is 0 Å². The van der Waals surface area contributed by atoms with E-state index in [1.807, 2.05) is 0 Å². The zero-order chi connectivity index (χ0) is 11.5. The van der Waals surface area contributed by atoms with Gasteiger partial charge >= 0.3 is 0 Å². The average molecular weight is 211 g/mol.